The Labute approximate surface area is 251 Å². The molecule has 0 N–H and O–H groups in total. The number of hydrogen-bond acceptors (Lipinski definition) is 3. The minimum Gasteiger partial charge on any atom is -0.376 e. The Kier molecular flexibility index (Phi) is 5.68. The highest BCUT2D eigenvalue weighted by molar-refractivity contribution is 7.26. The number of amides is 1. The van der Waals surface area contributed by atoms with Gasteiger partial charge in [0.1, 0.15) is 5.41 Å². The maximum Gasteiger partial charge on any atom is 0.242 e. The molecule has 2 atom stereocenters. The molecular formula is C38H35NO2S. The van der Waals surface area contributed by atoms with E-state index in [1.807, 2.05) is 11.3 Å². The van der Waals surface area contributed by atoms with Crippen molar-refractivity contribution in [3.8, 4) is 11.1 Å². The van der Waals surface area contributed by atoms with Gasteiger partial charge in [-0.1, -0.05) is 60.7 Å². The lowest BCUT2D eigenvalue weighted by Gasteiger charge is -2.37. The zero-order valence-corrected chi connectivity index (χ0v) is 24.8. The molecule has 9 rings (SSSR count). The first-order valence-electron chi connectivity index (χ1n) is 15.9. The fraction of sp³-hybridized carbons (Fsp3) is 0.342. The van der Waals surface area contributed by atoms with Crippen molar-refractivity contribution >= 4 is 43.1 Å². The van der Waals surface area contributed by atoms with Crippen LogP contribution >= 0.6 is 11.3 Å². The minimum atomic E-state index is -0.649. The topological polar surface area (TPSA) is 29.5 Å². The second-order valence-corrected chi connectivity index (χ2v) is 13.8. The van der Waals surface area contributed by atoms with Crippen LogP contribution in [-0.2, 0) is 34.2 Å². The Hall–Kier alpha value is -3.47. The summed E-state index contributed by atoms with van der Waals surface area (Å²) in [6.45, 7) is 1.44. The molecule has 2 aliphatic carbocycles. The summed E-state index contributed by atoms with van der Waals surface area (Å²) in [5.41, 5.74) is 9.82. The molecule has 2 aliphatic heterocycles. The van der Waals surface area contributed by atoms with Crippen molar-refractivity contribution in [3.63, 3.8) is 0 Å². The van der Waals surface area contributed by atoms with Crippen molar-refractivity contribution in [1.29, 1.82) is 0 Å². The number of nitrogens with zero attached hydrogens (tertiary/aromatic N) is 1. The van der Waals surface area contributed by atoms with E-state index in [0.29, 0.717) is 6.54 Å². The summed E-state index contributed by atoms with van der Waals surface area (Å²) < 4.78 is 8.74. The number of thiophene rings is 1. The lowest BCUT2D eigenvalue weighted by molar-refractivity contribution is -0.122. The van der Waals surface area contributed by atoms with Crippen LogP contribution in [0.15, 0.2) is 72.8 Å². The van der Waals surface area contributed by atoms with Gasteiger partial charge in [-0.15, -0.1) is 11.3 Å². The van der Waals surface area contributed by atoms with Crippen molar-refractivity contribution in [1.82, 2.24) is 0 Å². The van der Waals surface area contributed by atoms with Crippen molar-refractivity contribution in [2.24, 2.45) is 0 Å². The third kappa shape index (κ3) is 3.52. The number of benzene rings is 4. The predicted octanol–water partition coefficient (Wildman–Crippen LogP) is 8.75. The maximum atomic E-state index is 15.1. The molecule has 0 saturated carbocycles. The van der Waals surface area contributed by atoms with E-state index in [2.05, 4.69) is 77.7 Å². The van der Waals surface area contributed by atoms with Crippen LogP contribution in [0.2, 0.25) is 0 Å². The third-order valence-electron chi connectivity index (χ3n) is 10.5. The molecule has 1 spiro atoms. The van der Waals surface area contributed by atoms with Crippen LogP contribution in [0.3, 0.4) is 0 Å². The molecule has 4 aromatic carbocycles. The number of fused-ring (bicyclic) bond motifs is 8. The highest BCUT2D eigenvalue weighted by atomic mass is 32.1. The van der Waals surface area contributed by atoms with Crippen LogP contribution in [0.1, 0.15) is 66.3 Å². The van der Waals surface area contributed by atoms with Gasteiger partial charge in [0.25, 0.3) is 0 Å². The fourth-order valence-electron chi connectivity index (χ4n) is 8.62. The number of rotatable bonds is 3. The van der Waals surface area contributed by atoms with Gasteiger partial charge < -0.3 is 9.64 Å². The van der Waals surface area contributed by atoms with Crippen LogP contribution in [0.25, 0.3) is 31.3 Å². The zero-order valence-electron chi connectivity index (χ0n) is 24.0. The van der Waals surface area contributed by atoms with Gasteiger partial charge >= 0.3 is 0 Å². The van der Waals surface area contributed by atoms with Gasteiger partial charge in [0, 0.05) is 38.0 Å². The first-order chi connectivity index (χ1) is 20.7. The van der Waals surface area contributed by atoms with Gasteiger partial charge in [0.2, 0.25) is 5.91 Å². The second kappa shape index (κ2) is 9.52. The number of carbonyl (C=O) groups is 1. The van der Waals surface area contributed by atoms with Crippen LogP contribution < -0.4 is 4.90 Å². The minimum absolute atomic E-state index is 0.109. The summed E-state index contributed by atoms with van der Waals surface area (Å²) in [6.07, 6.45) is 9.99. The molecule has 0 bridgehead atoms. The lowest BCUT2D eigenvalue weighted by atomic mass is 9.64. The molecule has 3 nitrogen and oxygen atoms in total. The van der Waals surface area contributed by atoms with E-state index in [1.165, 1.54) is 78.4 Å². The van der Waals surface area contributed by atoms with Crippen molar-refractivity contribution in [2.45, 2.75) is 69.3 Å². The number of ether oxygens (including phenoxy) is 1. The normalized spacial score (nSPS) is 23.1. The first kappa shape index (κ1) is 25.1. The number of anilines is 1. The average Bonchev–Trinajstić information content (AvgIpc) is 3.74. The average molecular weight is 570 g/mol. The molecule has 1 fully saturated rings. The van der Waals surface area contributed by atoms with Gasteiger partial charge in [-0.25, -0.2) is 0 Å². The van der Waals surface area contributed by atoms with Crippen molar-refractivity contribution < 1.29 is 9.53 Å². The monoisotopic (exact) mass is 569 g/mol. The SMILES string of the molecule is O=C1N(C[C@H]2CCCO2)c2cccc(-c3cccc4c3sc3ccccc34)c2C12CCCc1cc3c(cc12)CCCC3. The van der Waals surface area contributed by atoms with E-state index in [9.17, 15) is 0 Å². The smallest absolute Gasteiger partial charge is 0.242 e. The van der Waals surface area contributed by atoms with Crippen LogP contribution in [0.5, 0.6) is 0 Å². The fourth-order valence-corrected chi connectivity index (χ4v) is 9.85. The van der Waals surface area contributed by atoms with Gasteiger partial charge in [0.15, 0.2) is 0 Å². The Morgan fingerprint density at radius 1 is 0.810 bits per heavy atom. The molecule has 1 saturated heterocycles. The third-order valence-corrected chi connectivity index (χ3v) is 11.7. The predicted molar refractivity (Wildman–Crippen MR) is 173 cm³/mol. The zero-order chi connectivity index (χ0) is 27.8. The van der Waals surface area contributed by atoms with Gasteiger partial charge in [0.05, 0.1) is 12.6 Å². The summed E-state index contributed by atoms with van der Waals surface area (Å²) in [6, 6.07) is 27.1. The van der Waals surface area contributed by atoms with E-state index in [0.717, 1.165) is 50.8 Å². The summed E-state index contributed by atoms with van der Waals surface area (Å²) in [7, 11) is 0. The second-order valence-electron chi connectivity index (χ2n) is 12.8. The maximum absolute atomic E-state index is 15.1. The van der Waals surface area contributed by atoms with E-state index in [-0.39, 0.29) is 12.0 Å². The van der Waals surface area contributed by atoms with Crippen molar-refractivity contribution in [3.05, 3.63) is 101 Å². The standard InChI is InChI=1S/C38H35NO2S/c40-37-38(19-7-11-26-21-24-9-1-2-10-25(24)22-32(26)38)35-29(14-6-17-33(35)39(37)23-27-12-8-20-41-27)31-16-5-15-30-28-13-3-4-18-34(28)42-36(30)31/h3-6,13-18,21-22,27H,1-2,7-12,19-20,23H2/t27-,38?/m1/s1. The number of hydrogen-bond donors (Lipinski definition) is 0. The van der Waals surface area contributed by atoms with E-state index >= 15 is 4.79 Å². The summed E-state index contributed by atoms with van der Waals surface area (Å²) >= 11 is 1.88. The molecule has 210 valence electrons. The van der Waals surface area contributed by atoms with Gasteiger partial charge in [-0.05, 0) is 103 Å². The highest BCUT2D eigenvalue weighted by Gasteiger charge is 2.55. The summed E-state index contributed by atoms with van der Waals surface area (Å²) in [5.74, 6) is 0.265. The van der Waals surface area contributed by atoms with E-state index in [1.54, 1.807) is 0 Å². The Bertz CT molecular complexity index is 1900. The molecule has 4 heteroatoms. The Balaban J connectivity index is 1.32. The first-order valence-corrected chi connectivity index (χ1v) is 16.7. The van der Waals surface area contributed by atoms with Gasteiger partial charge in [-0.3, -0.25) is 4.79 Å². The van der Waals surface area contributed by atoms with E-state index < -0.39 is 5.41 Å². The highest BCUT2D eigenvalue weighted by Crippen LogP contribution is 2.57. The number of aryl methyl sites for hydroxylation is 3. The van der Waals surface area contributed by atoms with Crippen LogP contribution in [-0.4, -0.2) is 25.2 Å². The molecule has 4 aliphatic rings. The molecule has 1 aromatic heterocycles. The lowest BCUT2D eigenvalue weighted by Crippen LogP contribution is -2.45. The molecule has 0 radical (unpaired) electrons. The molecular weight excluding hydrogens is 534 g/mol. The summed E-state index contributed by atoms with van der Waals surface area (Å²) in [5, 5.41) is 2.62. The van der Waals surface area contributed by atoms with Crippen molar-refractivity contribution in [2.75, 3.05) is 18.1 Å². The molecule has 3 heterocycles. The van der Waals surface area contributed by atoms with Crippen LogP contribution in [0.4, 0.5) is 5.69 Å². The van der Waals surface area contributed by atoms with E-state index in [4.69, 9.17) is 4.74 Å². The Morgan fingerprint density at radius 3 is 2.48 bits per heavy atom. The number of carbonyl (C=O) groups excluding carboxylic acids is 1. The van der Waals surface area contributed by atoms with Crippen LogP contribution in [0, 0.1) is 0 Å². The molecule has 1 unspecified atom stereocenters. The largest absolute Gasteiger partial charge is 0.376 e. The summed E-state index contributed by atoms with van der Waals surface area (Å²) in [4.78, 5) is 17.2. The quantitative estimate of drug-likeness (QED) is 0.217. The molecule has 1 amide bonds. The molecule has 42 heavy (non-hydrogen) atoms. The Morgan fingerprint density at radius 2 is 1.60 bits per heavy atom. The molecule has 5 aromatic rings. The van der Waals surface area contributed by atoms with Gasteiger partial charge in [-0.2, -0.15) is 0 Å².